The van der Waals surface area contributed by atoms with Gasteiger partial charge >= 0.3 is 0 Å². The highest BCUT2D eigenvalue weighted by Gasteiger charge is 2.21. The molecule has 0 spiro atoms. The van der Waals surface area contributed by atoms with E-state index in [0.29, 0.717) is 36.5 Å². The second-order valence-corrected chi connectivity index (χ2v) is 17.1. The molecule has 0 unspecified atom stereocenters. The minimum Gasteiger partial charge on any atom is -0.497 e. The fraction of sp³-hybridized carbons (Fsp3) is 0.239. The number of nitrogens with zero attached hydrogens (tertiary/aromatic N) is 10. The van der Waals surface area contributed by atoms with E-state index >= 15 is 0 Å². The summed E-state index contributed by atoms with van der Waals surface area (Å²) in [6.45, 7) is 5.11. The standard InChI is InChI=1S/C19H17BrClN5O2.C18H16BrN7.C9H11N/c1-27-12-7-6-11(15(8-12)28-2)10-22-19-24-17-13(4-3-5-14(17)20)18-23-16(9-21)25-26(18)19;19-13-5-1-4-12-16(13)23-18(20)26-17(12)22-15(24-26)10-25-8-6-11-3-2-7-21-14(11)9-25;1-2-4-9-7-10-6-5-8(9)3-1/h3-8H,9-10H2,1-2H3,(H,22,24);1-5,7H,6,8-10H2,(H2,20,23);1-4,10H,5-7H2. The molecule has 15 nitrogen and oxygen atoms in total. The Balaban J connectivity index is 0.000000134. The number of nitrogens with two attached hydrogens (primary N) is 1. The Morgan fingerprint density at radius 2 is 1.48 bits per heavy atom. The molecule has 11 rings (SSSR count). The van der Waals surface area contributed by atoms with E-state index in [2.05, 4.69) is 103 Å². The molecule has 0 saturated carbocycles. The molecule has 0 fully saturated rings. The van der Waals surface area contributed by atoms with Crippen molar-refractivity contribution >= 4 is 88.5 Å². The van der Waals surface area contributed by atoms with Gasteiger partial charge < -0.3 is 25.8 Å². The molecule has 4 N–H and O–H groups in total. The van der Waals surface area contributed by atoms with Crippen molar-refractivity contribution in [1.29, 1.82) is 0 Å². The first-order chi connectivity index (χ1) is 31.3. The van der Waals surface area contributed by atoms with Gasteiger partial charge in [-0.2, -0.15) is 9.03 Å². The zero-order valence-electron chi connectivity index (χ0n) is 35.1. The monoisotopic (exact) mass is 1000 g/mol. The van der Waals surface area contributed by atoms with Crippen LogP contribution in [0.2, 0.25) is 0 Å². The number of alkyl halides is 1. The lowest BCUT2D eigenvalue weighted by Crippen LogP contribution is -2.31. The van der Waals surface area contributed by atoms with Gasteiger partial charge in [-0.05, 0) is 110 Å². The molecule has 7 heterocycles. The smallest absolute Gasteiger partial charge is 0.226 e. The predicted octanol–water partition coefficient (Wildman–Crippen LogP) is 8.32. The maximum atomic E-state index is 6.11. The molecule has 0 aliphatic carbocycles. The van der Waals surface area contributed by atoms with Crippen LogP contribution in [0.25, 0.3) is 33.1 Å². The van der Waals surface area contributed by atoms with E-state index in [1.54, 1.807) is 23.3 Å². The highest BCUT2D eigenvalue weighted by atomic mass is 79.9. The van der Waals surface area contributed by atoms with Crippen molar-refractivity contribution in [2.24, 2.45) is 0 Å². The van der Waals surface area contributed by atoms with E-state index in [4.69, 9.17) is 36.8 Å². The normalized spacial score (nSPS) is 13.5. The van der Waals surface area contributed by atoms with Gasteiger partial charge in [0.1, 0.15) is 11.5 Å². The fourth-order valence-electron chi connectivity index (χ4n) is 7.88. The van der Waals surface area contributed by atoms with Crippen LogP contribution in [0.4, 0.5) is 11.9 Å². The van der Waals surface area contributed by atoms with Crippen LogP contribution in [0.15, 0.2) is 106 Å². The van der Waals surface area contributed by atoms with Gasteiger partial charge in [0.15, 0.2) is 22.9 Å². The minimum absolute atomic E-state index is 0.225. The molecule has 64 heavy (non-hydrogen) atoms. The van der Waals surface area contributed by atoms with Crippen LogP contribution in [0.5, 0.6) is 11.5 Å². The first-order valence-corrected chi connectivity index (χ1v) is 22.8. The van der Waals surface area contributed by atoms with E-state index in [9.17, 15) is 0 Å². The zero-order chi connectivity index (χ0) is 44.2. The quantitative estimate of drug-likeness (QED) is 0.124. The molecule has 0 amide bonds. The van der Waals surface area contributed by atoms with E-state index in [0.717, 1.165) is 97.6 Å². The predicted molar refractivity (Wildman–Crippen MR) is 257 cm³/mol. The summed E-state index contributed by atoms with van der Waals surface area (Å²) in [5, 5.41) is 17.6. The van der Waals surface area contributed by atoms with Gasteiger partial charge in [0.05, 0.1) is 43.4 Å². The lowest BCUT2D eigenvalue weighted by atomic mass is 10.0. The summed E-state index contributed by atoms with van der Waals surface area (Å²) in [5.41, 5.74) is 15.5. The number of para-hydroxylation sites is 2. The van der Waals surface area contributed by atoms with Gasteiger partial charge in [-0.3, -0.25) is 9.88 Å². The third kappa shape index (κ3) is 9.17. The second kappa shape index (κ2) is 19.4. The molecule has 0 atom stereocenters. The second-order valence-electron chi connectivity index (χ2n) is 15.1. The van der Waals surface area contributed by atoms with Crippen molar-refractivity contribution in [3.63, 3.8) is 0 Å². The number of ether oxygens (including phenoxy) is 2. The van der Waals surface area contributed by atoms with Crippen LogP contribution < -0.4 is 25.8 Å². The molecule has 326 valence electrons. The Hall–Kier alpha value is -5.98. The minimum atomic E-state index is 0.225. The lowest BCUT2D eigenvalue weighted by molar-refractivity contribution is 0.236. The van der Waals surface area contributed by atoms with Crippen LogP contribution in [0, 0.1) is 0 Å². The number of halogens is 3. The first kappa shape index (κ1) is 43.3. The number of pyridine rings is 1. The Bertz CT molecular complexity index is 3100. The van der Waals surface area contributed by atoms with Crippen molar-refractivity contribution in [3.05, 3.63) is 146 Å². The summed E-state index contributed by atoms with van der Waals surface area (Å²) in [6.07, 6.45) is 4.04. The Labute approximate surface area is 390 Å². The molecule has 2 aliphatic heterocycles. The SMILES string of the molecule is COc1ccc(CNc2nc3c(Br)cccc3c3nc(CCl)nn23)c(OC)c1.Nc1nc2c(Br)cccc2c2nc(CN3CCc4cccnc4C3)nn12.c1ccc2c(c1)CCNC2. The van der Waals surface area contributed by atoms with Crippen LogP contribution in [-0.2, 0) is 44.9 Å². The number of aromatic nitrogens is 9. The average Bonchev–Trinajstić information content (AvgIpc) is 3.98. The van der Waals surface area contributed by atoms with E-state index in [1.165, 1.54) is 23.1 Å². The molecule has 0 saturated heterocycles. The van der Waals surface area contributed by atoms with Crippen LogP contribution >= 0.6 is 43.5 Å². The number of fused-ring (bicyclic) bond motifs is 8. The first-order valence-electron chi connectivity index (χ1n) is 20.7. The third-order valence-electron chi connectivity index (χ3n) is 11.1. The average molecular weight is 1010 g/mol. The van der Waals surface area contributed by atoms with E-state index in [-0.39, 0.29) is 5.88 Å². The molecule has 18 heteroatoms. The molecular weight excluding hydrogens is 962 g/mol. The highest BCUT2D eigenvalue weighted by molar-refractivity contribution is 9.11. The van der Waals surface area contributed by atoms with E-state index in [1.807, 2.05) is 66.9 Å². The number of hydrogen-bond donors (Lipinski definition) is 3. The number of nitrogens with one attached hydrogen (secondary N) is 2. The lowest BCUT2D eigenvalue weighted by Gasteiger charge is -2.26. The van der Waals surface area contributed by atoms with Gasteiger partial charge in [0.2, 0.25) is 11.9 Å². The summed E-state index contributed by atoms with van der Waals surface area (Å²) in [6, 6.07) is 30.2. The maximum Gasteiger partial charge on any atom is 0.226 e. The van der Waals surface area contributed by atoms with Gasteiger partial charge in [-0.15, -0.1) is 21.8 Å². The molecular formula is C46H44Br2ClN13O2. The van der Waals surface area contributed by atoms with Crippen LogP contribution in [0.1, 0.15) is 39.6 Å². The van der Waals surface area contributed by atoms with Crippen molar-refractivity contribution < 1.29 is 9.47 Å². The largest absolute Gasteiger partial charge is 0.497 e. The van der Waals surface area contributed by atoms with Gasteiger partial charge in [-0.1, -0.05) is 42.5 Å². The molecule has 0 bridgehead atoms. The van der Waals surface area contributed by atoms with Crippen molar-refractivity contribution in [2.75, 3.05) is 38.4 Å². The van der Waals surface area contributed by atoms with Crippen molar-refractivity contribution in [2.45, 2.75) is 44.9 Å². The highest BCUT2D eigenvalue weighted by Crippen LogP contribution is 2.30. The summed E-state index contributed by atoms with van der Waals surface area (Å²) < 4.78 is 15.8. The van der Waals surface area contributed by atoms with Gasteiger partial charge in [-0.25, -0.2) is 19.9 Å². The summed E-state index contributed by atoms with van der Waals surface area (Å²) >= 11 is 13.1. The zero-order valence-corrected chi connectivity index (χ0v) is 39.0. The number of anilines is 2. The molecule has 4 aromatic carbocycles. The number of nitrogen functional groups attached to an aromatic ring is 1. The van der Waals surface area contributed by atoms with Crippen LogP contribution in [-0.4, -0.2) is 76.4 Å². The topological polar surface area (TPSA) is 171 Å². The maximum absolute atomic E-state index is 6.11. The molecule has 0 radical (unpaired) electrons. The van der Waals surface area contributed by atoms with Crippen LogP contribution in [0.3, 0.4) is 0 Å². The Kier molecular flexibility index (Phi) is 13.1. The van der Waals surface area contributed by atoms with E-state index < -0.39 is 0 Å². The molecule has 5 aromatic heterocycles. The van der Waals surface area contributed by atoms with Gasteiger partial charge in [0, 0.05) is 63.7 Å². The Morgan fingerprint density at radius 3 is 2.23 bits per heavy atom. The van der Waals surface area contributed by atoms with Crippen molar-refractivity contribution in [3.8, 4) is 11.5 Å². The van der Waals surface area contributed by atoms with Gasteiger partial charge in [0.25, 0.3) is 0 Å². The fourth-order valence-corrected chi connectivity index (χ4v) is 8.90. The molecule has 9 aromatic rings. The number of methoxy groups -OCH3 is 2. The third-order valence-corrected chi connectivity index (χ3v) is 12.6. The van der Waals surface area contributed by atoms with Crippen molar-refractivity contribution in [1.82, 2.24) is 54.4 Å². The number of hydrogen-bond acceptors (Lipinski definition) is 13. The summed E-state index contributed by atoms with van der Waals surface area (Å²) in [5.74, 6) is 3.87. The number of benzene rings is 4. The number of rotatable bonds is 8. The molecule has 2 aliphatic rings. The Morgan fingerprint density at radius 1 is 0.766 bits per heavy atom. The summed E-state index contributed by atoms with van der Waals surface area (Å²) in [7, 11) is 3.26. The summed E-state index contributed by atoms with van der Waals surface area (Å²) in [4.78, 5) is 25.3.